The lowest BCUT2D eigenvalue weighted by Crippen LogP contribution is -2.46. The Morgan fingerprint density at radius 2 is 1.00 bits per heavy atom. The second kappa shape index (κ2) is 31.9. The van der Waals surface area contributed by atoms with Gasteiger partial charge in [0, 0.05) is 57.5 Å². The van der Waals surface area contributed by atoms with Crippen molar-refractivity contribution in [1.29, 1.82) is 0 Å². The maximum absolute atomic E-state index is 12.6. The normalized spacial score (nSPS) is 12.6. The van der Waals surface area contributed by atoms with Gasteiger partial charge in [-0.05, 0) is 58.3 Å². The molecule has 0 aliphatic rings. The van der Waals surface area contributed by atoms with Gasteiger partial charge in [-0.15, -0.1) is 0 Å². The summed E-state index contributed by atoms with van der Waals surface area (Å²) < 4.78 is 15.7. The number of carbonyl (C=O) groups excluding carboxylic acids is 7. The van der Waals surface area contributed by atoms with E-state index < -0.39 is 11.9 Å². The topological polar surface area (TPSA) is 259 Å². The molecule has 0 saturated carbocycles. The lowest BCUT2D eigenvalue weighted by molar-refractivity contribution is -0.129. The third kappa shape index (κ3) is 28.8. The molecule has 0 rings (SSSR count). The number of primary amides is 2. The molecule has 0 radical (unpaired) electrons. The molecule has 9 N–H and O–H groups in total. The average molecular weight is 744 g/mol. The number of amides is 7. The van der Waals surface area contributed by atoms with Crippen molar-refractivity contribution in [3.8, 4) is 0 Å². The molecular formula is C35H65N7O10. The first kappa shape index (κ1) is 48.2. The number of carbonyl (C=O) groups is 7. The summed E-state index contributed by atoms with van der Waals surface area (Å²) in [5.74, 6) is -2.44. The number of rotatable bonds is 34. The first-order valence-corrected chi connectivity index (χ1v) is 18.6. The number of nitrogens with two attached hydrogens (primary N) is 2. The van der Waals surface area contributed by atoms with E-state index in [-0.39, 0.29) is 93.2 Å². The summed E-state index contributed by atoms with van der Waals surface area (Å²) in [4.78, 5) is 82.8. The van der Waals surface area contributed by atoms with Gasteiger partial charge in [0.05, 0.1) is 19.8 Å². The summed E-state index contributed by atoms with van der Waals surface area (Å²) in [6.07, 6.45) is 6.64. The zero-order valence-corrected chi connectivity index (χ0v) is 31.5. The zero-order valence-electron chi connectivity index (χ0n) is 31.5. The van der Waals surface area contributed by atoms with E-state index in [2.05, 4.69) is 26.6 Å². The summed E-state index contributed by atoms with van der Waals surface area (Å²) in [6.45, 7) is 8.27. The molecule has 0 heterocycles. The summed E-state index contributed by atoms with van der Waals surface area (Å²) in [6, 6.07) is -0.782. The third-order valence-corrected chi connectivity index (χ3v) is 8.03. The minimum Gasteiger partial charge on any atom is -0.377 e. The molecule has 52 heavy (non-hydrogen) atoms. The Labute approximate surface area is 308 Å². The van der Waals surface area contributed by atoms with Crippen LogP contribution in [0.15, 0.2) is 0 Å². The monoisotopic (exact) mass is 743 g/mol. The maximum Gasteiger partial charge on any atom is 0.245 e. The Morgan fingerprint density at radius 3 is 1.54 bits per heavy atom. The van der Waals surface area contributed by atoms with E-state index in [1.807, 2.05) is 0 Å². The SMILES string of the molecule is CCOCC(=O)NCCCC[C@H](NC(=O)[C@@H](C)CCCCNC(=O)CCCC(=O)NCCOCCOCC(=O)NCCCC[C@H](C)C(N)=O)C(N)=O. The van der Waals surface area contributed by atoms with Gasteiger partial charge >= 0.3 is 0 Å². The molecule has 0 bridgehead atoms. The lowest BCUT2D eigenvalue weighted by atomic mass is 10.0. The van der Waals surface area contributed by atoms with E-state index in [1.54, 1.807) is 20.8 Å². The van der Waals surface area contributed by atoms with Gasteiger partial charge in [0.2, 0.25) is 41.4 Å². The molecular weight excluding hydrogens is 678 g/mol. The molecule has 0 aromatic carbocycles. The van der Waals surface area contributed by atoms with Gasteiger partial charge in [0.25, 0.3) is 0 Å². The molecule has 0 aliphatic heterocycles. The van der Waals surface area contributed by atoms with Crippen LogP contribution >= 0.6 is 0 Å². The highest BCUT2D eigenvalue weighted by Crippen LogP contribution is 2.10. The highest BCUT2D eigenvalue weighted by Gasteiger charge is 2.21. The van der Waals surface area contributed by atoms with Crippen molar-refractivity contribution < 1.29 is 47.8 Å². The fourth-order valence-corrected chi connectivity index (χ4v) is 4.71. The molecule has 300 valence electrons. The summed E-state index contributed by atoms with van der Waals surface area (Å²) >= 11 is 0. The minimum absolute atomic E-state index is 0.00998. The van der Waals surface area contributed by atoms with Gasteiger partial charge in [0.1, 0.15) is 19.3 Å². The molecule has 17 nitrogen and oxygen atoms in total. The van der Waals surface area contributed by atoms with E-state index in [9.17, 15) is 33.6 Å². The Bertz CT molecular complexity index is 1060. The van der Waals surface area contributed by atoms with Gasteiger partial charge in [-0.25, -0.2) is 0 Å². The summed E-state index contributed by atoms with van der Waals surface area (Å²) in [7, 11) is 0. The van der Waals surface area contributed by atoms with Crippen LogP contribution in [-0.2, 0) is 47.8 Å². The predicted octanol–water partition coefficient (Wildman–Crippen LogP) is -0.0703. The third-order valence-electron chi connectivity index (χ3n) is 8.03. The Balaban J connectivity index is 3.79. The maximum atomic E-state index is 12.6. The van der Waals surface area contributed by atoms with Gasteiger partial charge in [0.15, 0.2) is 0 Å². The molecule has 0 aliphatic carbocycles. The fraction of sp³-hybridized carbons (Fsp3) is 0.800. The smallest absolute Gasteiger partial charge is 0.245 e. The molecule has 0 aromatic rings. The molecule has 0 unspecified atom stereocenters. The van der Waals surface area contributed by atoms with Crippen molar-refractivity contribution in [2.45, 2.75) is 104 Å². The van der Waals surface area contributed by atoms with E-state index >= 15 is 0 Å². The first-order valence-electron chi connectivity index (χ1n) is 18.6. The number of nitrogens with one attached hydrogen (secondary N) is 5. The van der Waals surface area contributed by atoms with Crippen LogP contribution in [0.25, 0.3) is 0 Å². The van der Waals surface area contributed by atoms with Crippen LogP contribution in [0, 0.1) is 11.8 Å². The largest absolute Gasteiger partial charge is 0.377 e. The Morgan fingerprint density at radius 1 is 0.519 bits per heavy atom. The second-order valence-corrected chi connectivity index (χ2v) is 12.7. The molecule has 7 amide bonds. The highest BCUT2D eigenvalue weighted by molar-refractivity contribution is 5.87. The second-order valence-electron chi connectivity index (χ2n) is 12.7. The minimum atomic E-state index is -0.782. The number of hydrogen-bond donors (Lipinski definition) is 7. The fourth-order valence-electron chi connectivity index (χ4n) is 4.71. The van der Waals surface area contributed by atoms with Crippen LogP contribution in [0.3, 0.4) is 0 Å². The lowest BCUT2D eigenvalue weighted by Gasteiger charge is -2.18. The van der Waals surface area contributed by atoms with Crippen molar-refractivity contribution in [3.05, 3.63) is 0 Å². The van der Waals surface area contributed by atoms with Crippen molar-refractivity contribution in [3.63, 3.8) is 0 Å². The van der Waals surface area contributed by atoms with E-state index in [0.29, 0.717) is 84.2 Å². The average Bonchev–Trinajstić information content (AvgIpc) is 3.10. The van der Waals surface area contributed by atoms with Gasteiger partial charge in [-0.3, -0.25) is 33.6 Å². The quantitative estimate of drug-likeness (QED) is 0.0432. The molecule has 0 aromatic heterocycles. The highest BCUT2D eigenvalue weighted by atomic mass is 16.5. The molecule has 0 spiro atoms. The zero-order chi connectivity index (χ0) is 39.0. The van der Waals surface area contributed by atoms with Crippen molar-refractivity contribution in [2.75, 3.05) is 65.8 Å². The van der Waals surface area contributed by atoms with Crippen molar-refractivity contribution in [2.24, 2.45) is 23.3 Å². The number of hydrogen-bond acceptors (Lipinski definition) is 10. The molecule has 3 atom stereocenters. The first-order chi connectivity index (χ1) is 24.9. The van der Waals surface area contributed by atoms with Crippen LogP contribution in [-0.4, -0.2) is 113 Å². The predicted molar refractivity (Wildman–Crippen MR) is 194 cm³/mol. The molecule has 0 fully saturated rings. The molecule has 0 saturated heterocycles. The van der Waals surface area contributed by atoms with Gasteiger partial charge < -0.3 is 52.3 Å². The van der Waals surface area contributed by atoms with Gasteiger partial charge in [-0.2, -0.15) is 0 Å². The van der Waals surface area contributed by atoms with Crippen LogP contribution in [0.2, 0.25) is 0 Å². The summed E-state index contributed by atoms with van der Waals surface area (Å²) in [5.41, 5.74) is 10.7. The van der Waals surface area contributed by atoms with E-state index in [4.69, 9.17) is 25.7 Å². The van der Waals surface area contributed by atoms with Crippen LogP contribution in [0.4, 0.5) is 0 Å². The summed E-state index contributed by atoms with van der Waals surface area (Å²) in [5, 5.41) is 13.8. The Hall–Kier alpha value is -3.83. The number of ether oxygens (including phenoxy) is 3. The van der Waals surface area contributed by atoms with Crippen LogP contribution < -0.4 is 38.1 Å². The van der Waals surface area contributed by atoms with E-state index in [1.165, 1.54) is 0 Å². The van der Waals surface area contributed by atoms with Crippen LogP contribution in [0.5, 0.6) is 0 Å². The van der Waals surface area contributed by atoms with Crippen molar-refractivity contribution in [1.82, 2.24) is 26.6 Å². The number of unbranched alkanes of at least 4 members (excludes halogenated alkanes) is 3. The van der Waals surface area contributed by atoms with Gasteiger partial charge in [-0.1, -0.05) is 26.7 Å². The standard InChI is InChI=1S/C35H65N7O10/c1-4-50-24-31(45)39-19-10-7-14-28(34(37)48)42-35(49)27(3)13-6-9-17-38-29(43)15-11-16-30(44)41-20-21-51-22-23-52-25-32(46)40-18-8-5-12-26(2)33(36)47/h26-28H,4-25H2,1-3H3,(H2,36,47)(H2,37,48)(H,38,43)(H,39,45)(H,40,46)(H,41,44)(H,42,49)/t26-,27-,28-/m0/s1. The molecule has 17 heteroatoms. The van der Waals surface area contributed by atoms with E-state index in [0.717, 1.165) is 12.8 Å². The van der Waals surface area contributed by atoms with Crippen molar-refractivity contribution >= 4 is 41.4 Å². The van der Waals surface area contributed by atoms with Crippen LogP contribution in [0.1, 0.15) is 97.8 Å². The Kier molecular flexibility index (Phi) is 29.5.